The standard InChI is InChI=1S/C9H14O2/c1-3-7-5-6-8(7)9(10)11-4-2/h3,7-8H,1,4-6H2,2H3. The van der Waals surface area contributed by atoms with Crippen LogP contribution in [0.15, 0.2) is 12.7 Å². The number of ether oxygens (including phenoxy) is 1. The molecular weight excluding hydrogens is 140 g/mol. The zero-order valence-electron chi connectivity index (χ0n) is 6.88. The lowest BCUT2D eigenvalue weighted by Crippen LogP contribution is -2.32. The summed E-state index contributed by atoms with van der Waals surface area (Å²) in [5, 5.41) is 0. The summed E-state index contributed by atoms with van der Waals surface area (Å²) in [6.45, 7) is 5.99. The Kier molecular flexibility index (Phi) is 2.69. The highest BCUT2D eigenvalue weighted by molar-refractivity contribution is 5.74. The lowest BCUT2D eigenvalue weighted by Gasteiger charge is -2.31. The van der Waals surface area contributed by atoms with Gasteiger partial charge in [0.2, 0.25) is 0 Å². The lowest BCUT2D eigenvalue weighted by atomic mass is 9.74. The largest absolute Gasteiger partial charge is 0.466 e. The van der Waals surface area contributed by atoms with E-state index in [4.69, 9.17) is 4.74 Å². The van der Waals surface area contributed by atoms with Crippen LogP contribution >= 0.6 is 0 Å². The van der Waals surface area contributed by atoms with Crippen molar-refractivity contribution in [3.05, 3.63) is 12.7 Å². The van der Waals surface area contributed by atoms with Crippen LogP contribution in [0.4, 0.5) is 0 Å². The van der Waals surface area contributed by atoms with E-state index in [2.05, 4.69) is 6.58 Å². The first kappa shape index (κ1) is 8.31. The quantitative estimate of drug-likeness (QED) is 0.457. The molecule has 11 heavy (non-hydrogen) atoms. The molecule has 0 aromatic rings. The summed E-state index contributed by atoms with van der Waals surface area (Å²) in [7, 11) is 0. The molecule has 0 aromatic carbocycles. The second-order valence-electron chi connectivity index (χ2n) is 2.84. The third-order valence-electron chi connectivity index (χ3n) is 2.22. The topological polar surface area (TPSA) is 26.3 Å². The van der Waals surface area contributed by atoms with Gasteiger partial charge in [-0.3, -0.25) is 4.79 Å². The van der Waals surface area contributed by atoms with E-state index < -0.39 is 0 Å². The average molecular weight is 154 g/mol. The highest BCUT2D eigenvalue weighted by Crippen LogP contribution is 2.35. The van der Waals surface area contributed by atoms with Gasteiger partial charge in [-0.25, -0.2) is 0 Å². The monoisotopic (exact) mass is 154 g/mol. The van der Waals surface area contributed by atoms with Crippen molar-refractivity contribution in [2.45, 2.75) is 19.8 Å². The number of esters is 1. The zero-order chi connectivity index (χ0) is 8.27. The Labute approximate surface area is 67.2 Å². The van der Waals surface area contributed by atoms with Gasteiger partial charge in [0.25, 0.3) is 0 Å². The molecule has 0 heterocycles. The minimum Gasteiger partial charge on any atom is -0.466 e. The highest BCUT2D eigenvalue weighted by Gasteiger charge is 2.35. The number of hydrogen-bond donors (Lipinski definition) is 0. The molecule has 1 saturated carbocycles. The fourth-order valence-electron chi connectivity index (χ4n) is 1.35. The Bertz CT molecular complexity index is 163. The third-order valence-corrected chi connectivity index (χ3v) is 2.22. The molecule has 0 spiro atoms. The summed E-state index contributed by atoms with van der Waals surface area (Å²) < 4.78 is 4.89. The smallest absolute Gasteiger partial charge is 0.309 e. The zero-order valence-corrected chi connectivity index (χ0v) is 6.88. The van der Waals surface area contributed by atoms with Crippen molar-refractivity contribution in [1.29, 1.82) is 0 Å². The van der Waals surface area contributed by atoms with Crippen LogP contribution in [0.2, 0.25) is 0 Å². The van der Waals surface area contributed by atoms with Crippen LogP contribution in [-0.4, -0.2) is 12.6 Å². The van der Waals surface area contributed by atoms with Gasteiger partial charge in [0.05, 0.1) is 12.5 Å². The molecule has 0 N–H and O–H groups in total. The molecule has 1 aliphatic carbocycles. The van der Waals surface area contributed by atoms with E-state index in [1.54, 1.807) is 0 Å². The lowest BCUT2D eigenvalue weighted by molar-refractivity contribution is -0.152. The second-order valence-corrected chi connectivity index (χ2v) is 2.84. The predicted octanol–water partition coefficient (Wildman–Crippen LogP) is 1.76. The summed E-state index contributed by atoms with van der Waals surface area (Å²) in [6, 6.07) is 0. The minimum atomic E-state index is -0.0522. The molecule has 1 fully saturated rings. The maximum absolute atomic E-state index is 11.1. The molecule has 0 amide bonds. The number of hydrogen-bond acceptors (Lipinski definition) is 2. The van der Waals surface area contributed by atoms with Gasteiger partial charge in [-0.05, 0) is 25.7 Å². The Morgan fingerprint density at radius 1 is 1.73 bits per heavy atom. The summed E-state index contributed by atoms with van der Waals surface area (Å²) in [5.74, 6) is 0.421. The first-order valence-electron chi connectivity index (χ1n) is 4.08. The van der Waals surface area contributed by atoms with Crippen molar-refractivity contribution >= 4 is 5.97 Å². The first-order valence-corrected chi connectivity index (χ1v) is 4.08. The highest BCUT2D eigenvalue weighted by atomic mass is 16.5. The van der Waals surface area contributed by atoms with Crippen LogP contribution < -0.4 is 0 Å². The molecule has 2 heteroatoms. The van der Waals surface area contributed by atoms with Crippen LogP contribution in [0.1, 0.15) is 19.8 Å². The van der Waals surface area contributed by atoms with Gasteiger partial charge in [-0.1, -0.05) is 6.08 Å². The van der Waals surface area contributed by atoms with E-state index >= 15 is 0 Å². The Balaban J connectivity index is 2.35. The maximum atomic E-state index is 11.1. The van der Waals surface area contributed by atoms with E-state index in [0.29, 0.717) is 12.5 Å². The second kappa shape index (κ2) is 3.56. The summed E-state index contributed by atoms with van der Waals surface area (Å²) in [4.78, 5) is 11.1. The first-order chi connectivity index (χ1) is 5.29. The molecule has 2 unspecified atom stereocenters. The van der Waals surface area contributed by atoms with Gasteiger partial charge in [0, 0.05) is 0 Å². The third kappa shape index (κ3) is 1.62. The van der Waals surface area contributed by atoms with Gasteiger partial charge in [-0.2, -0.15) is 0 Å². The molecule has 1 rings (SSSR count). The van der Waals surface area contributed by atoms with E-state index in [9.17, 15) is 4.79 Å². The van der Waals surface area contributed by atoms with Crippen LogP contribution in [0.3, 0.4) is 0 Å². The molecule has 0 bridgehead atoms. The molecule has 0 radical (unpaired) electrons. The summed E-state index contributed by atoms with van der Waals surface area (Å²) >= 11 is 0. The minimum absolute atomic E-state index is 0.0522. The van der Waals surface area contributed by atoms with E-state index in [-0.39, 0.29) is 11.9 Å². The fraction of sp³-hybridized carbons (Fsp3) is 0.667. The fourth-order valence-corrected chi connectivity index (χ4v) is 1.35. The van der Waals surface area contributed by atoms with Gasteiger partial charge in [0.15, 0.2) is 0 Å². The molecule has 62 valence electrons. The molecule has 2 nitrogen and oxygen atoms in total. The number of carbonyl (C=O) groups excluding carboxylic acids is 1. The summed E-state index contributed by atoms with van der Waals surface area (Å²) in [6.07, 6.45) is 3.91. The molecule has 1 aliphatic rings. The van der Waals surface area contributed by atoms with E-state index in [1.165, 1.54) is 0 Å². The Hall–Kier alpha value is -0.790. The number of rotatable bonds is 3. The Morgan fingerprint density at radius 2 is 2.45 bits per heavy atom. The van der Waals surface area contributed by atoms with Gasteiger partial charge >= 0.3 is 5.97 Å². The van der Waals surface area contributed by atoms with Gasteiger partial charge < -0.3 is 4.74 Å². The summed E-state index contributed by atoms with van der Waals surface area (Å²) in [5.41, 5.74) is 0. The maximum Gasteiger partial charge on any atom is 0.309 e. The van der Waals surface area contributed by atoms with E-state index in [1.807, 2.05) is 13.0 Å². The predicted molar refractivity (Wildman–Crippen MR) is 43.0 cm³/mol. The Morgan fingerprint density at radius 3 is 2.82 bits per heavy atom. The van der Waals surface area contributed by atoms with Crippen molar-refractivity contribution in [3.63, 3.8) is 0 Å². The molecule has 0 saturated heterocycles. The van der Waals surface area contributed by atoms with Gasteiger partial charge in [0.1, 0.15) is 0 Å². The molecular formula is C9H14O2. The average Bonchev–Trinajstić information content (AvgIpc) is 1.86. The van der Waals surface area contributed by atoms with Crippen molar-refractivity contribution in [1.82, 2.24) is 0 Å². The van der Waals surface area contributed by atoms with Crippen molar-refractivity contribution < 1.29 is 9.53 Å². The molecule has 0 aromatic heterocycles. The van der Waals surface area contributed by atoms with Crippen LogP contribution in [0.5, 0.6) is 0 Å². The molecule has 2 atom stereocenters. The molecule has 0 aliphatic heterocycles. The number of carbonyl (C=O) groups is 1. The van der Waals surface area contributed by atoms with Crippen molar-refractivity contribution in [2.24, 2.45) is 11.8 Å². The van der Waals surface area contributed by atoms with Crippen LogP contribution in [-0.2, 0) is 9.53 Å². The van der Waals surface area contributed by atoms with Crippen LogP contribution in [0, 0.1) is 11.8 Å². The van der Waals surface area contributed by atoms with Crippen molar-refractivity contribution in [2.75, 3.05) is 6.61 Å². The van der Waals surface area contributed by atoms with Gasteiger partial charge in [-0.15, -0.1) is 6.58 Å². The van der Waals surface area contributed by atoms with Crippen molar-refractivity contribution in [3.8, 4) is 0 Å². The van der Waals surface area contributed by atoms with Crippen LogP contribution in [0.25, 0.3) is 0 Å². The number of allylic oxidation sites excluding steroid dienone is 1. The van der Waals surface area contributed by atoms with E-state index in [0.717, 1.165) is 12.8 Å². The normalized spacial score (nSPS) is 28.8. The SMILES string of the molecule is C=CC1CCC1C(=O)OCC.